The maximum Gasteiger partial charge on any atom is 0.332 e. The number of esters is 1. The van der Waals surface area contributed by atoms with Gasteiger partial charge in [0, 0.05) is 5.69 Å². The molecule has 0 radical (unpaired) electrons. The van der Waals surface area contributed by atoms with E-state index in [1.54, 1.807) is 49.6 Å². The molecule has 26 heavy (non-hydrogen) atoms. The first-order valence-corrected chi connectivity index (χ1v) is 8.17. The minimum Gasteiger partial charge on any atom is -0.493 e. The highest BCUT2D eigenvalue weighted by Gasteiger charge is 2.23. The lowest BCUT2D eigenvalue weighted by Gasteiger charge is -2.20. The van der Waals surface area contributed by atoms with Gasteiger partial charge in [0.2, 0.25) is 0 Å². The maximum atomic E-state index is 12.3. The number of anilines is 1. The summed E-state index contributed by atoms with van der Waals surface area (Å²) in [4.78, 5) is 12.3. The second-order valence-electron chi connectivity index (χ2n) is 5.87. The van der Waals surface area contributed by atoms with Gasteiger partial charge in [0.05, 0.1) is 32.0 Å². The van der Waals surface area contributed by atoms with Gasteiger partial charge in [-0.1, -0.05) is 6.07 Å². The van der Waals surface area contributed by atoms with Gasteiger partial charge in [0.15, 0.2) is 17.5 Å². The molecule has 0 fully saturated rings. The summed E-state index contributed by atoms with van der Waals surface area (Å²) in [7, 11) is 2.89. The van der Waals surface area contributed by atoms with Crippen LogP contribution in [0.2, 0.25) is 0 Å². The standard InChI is InChI=1S/C20H22N2O4/c1-13(2)26-17-10-7-15(11-18(17)24-3)19(20(23)25-4)22-16-8-5-14(12-21)6-9-16/h5-11,13,19,22H,1-4H3. The zero-order chi connectivity index (χ0) is 19.1. The third-order valence-corrected chi connectivity index (χ3v) is 3.65. The first kappa shape index (κ1) is 19.1. The van der Waals surface area contributed by atoms with Crippen molar-refractivity contribution in [1.29, 1.82) is 5.26 Å². The Morgan fingerprint density at radius 1 is 1.08 bits per heavy atom. The first-order chi connectivity index (χ1) is 12.5. The molecule has 2 aromatic rings. The SMILES string of the molecule is COC(=O)C(Nc1ccc(C#N)cc1)c1ccc(OC(C)C)c(OC)c1. The molecule has 1 atom stereocenters. The predicted molar refractivity (Wildman–Crippen MR) is 98.3 cm³/mol. The Morgan fingerprint density at radius 3 is 2.31 bits per heavy atom. The van der Waals surface area contributed by atoms with E-state index in [1.807, 2.05) is 13.8 Å². The summed E-state index contributed by atoms with van der Waals surface area (Å²) in [5, 5.41) is 12.0. The lowest BCUT2D eigenvalue weighted by atomic mass is 10.1. The Labute approximate surface area is 153 Å². The maximum absolute atomic E-state index is 12.3. The van der Waals surface area contributed by atoms with Crippen molar-refractivity contribution in [3.63, 3.8) is 0 Å². The van der Waals surface area contributed by atoms with Gasteiger partial charge in [-0.3, -0.25) is 0 Å². The molecular weight excluding hydrogens is 332 g/mol. The van der Waals surface area contributed by atoms with E-state index in [9.17, 15) is 4.79 Å². The van der Waals surface area contributed by atoms with E-state index >= 15 is 0 Å². The van der Waals surface area contributed by atoms with Crippen LogP contribution in [-0.2, 0) is 9.53 Å². The topological polar surface area (TPSA) is 80.6 Å². The van der Waals surface area contributed by atoms with E-state index in [0.717, 1.165) is 0 Å². The number of benzene rings is 2. The molecule has 0 heterocycles. The molecule has 6 nitrogen and oxygen atoms in total. The molecule has 0 aliphatic rings. The second kappa shape index (κ2) is 8.77. The van der Waals surface area contributed by atoms with E-state index in [4.69, 9.17) is 19.5 Å². The molecular formula is C20H22N2O4. The van der Waals surface area contributed by atoms with Gasteiger partial charge in [-0.2, -0.15) is 5.26 Å². The highest BCUT2D eigenvalue weighted by atomic mass is 16.5. The molecule has 0 bridgehead atoms. The number of ether oxygens (including phenoxy) is 3. The third kappa shape index (κ3) is 4.67. The van der Waals surface area contributed by atoms with Crippen molar-refractivity contribution >= 4 is 11.7 Å². The van der Waals surface area contributed by atoms with Gasteiger partial charge >= 0.3 is 5.97 Å². The molecule has 0 aromatic heterocycles. The Balaban J connectivity index is 2.33. The van der Waals surface area contributed by atoms with Crippen LogP contribution in [0.25, 0.3) is 0 Å². The Morgan fingerprint density at radius 2 is 1.77 bits per heavy atom. The quantitative estimate of drug-likeness (QED) is 0.764. The van der Waals surface area contributed by atoms with Crippen LogP contribution in [0.15, 0.2) is 42.5 Å². The van der Waals surface area contributed by atoms with Crippen molar-refractivity contribution < 1.29 is 19.0 Å². The molecule has 0 saturated heterocycles. The van der Waals surface area contributed by atoms with E-state index < -0.39 is 12.0 Å². The number of nitrogens with zero attached hydrogens (tertiary/aromatic N) is 1. The van der Waals surface area contributed by atoms with Crippen molar-refractivity contribution in [2.24, 2.45) is 0 Å². The van der Waals surface area contributed by atoms with E-state index in [-0.39, 0.29) is 6.10 Å². The number of carbonyl (C=O) groups is 1. The second-order valence-corrected chi connectivity index (χ2v) is 5.87. The summed E-state index contributed by atoms with van der Waals surface area (Å²) in [6.45, 7) is 3.86. The van der Waals surface area contributed by atoms with Crippen LogP contribution in [0.1, 0.15) is 31.0 Å². The third-order valence-electron chi connectivity index (χ3n) is 3.65. The van der Waals surface area contributed by atoms with Gasteiger partial charge in [-0.15, -0.1) is 0 Å². The number of nitriles is 1. The Kier molecular flexibility index (Phi) is 6.45. The molecule has 0 aliphatic heterocycles. The van der Waals surface area contributed by atoms with Crippen LogP contribution in [0.4, 0.5) is 5.69 Å². The molecule has 0 spiro atoms. The molecule has 136 valence electrons. The summed E-state index contributed by atoms with van der Waals surface area (Å²) in [6.07, 6.45) is 0.00271. The molecule has 1 N–H and O–H groups in total. The zero-order valence-corrected chi connectivity index (χ0v) is 15.3. The van der Waals surface area contributed by atoms with Crippen molar-refractivity contribution in [3.05, 3.63) is 53.6 Å². The summed E-state index contributed by atoms with van der Waals surface area (Å²) in [5.41, 5.74) is 1.91. The number of hydrogen-bond donors (Lipinski definition) is 1. The van der Waals surface area contributed by atoms with Gasteiger partial charge in [-0.25, -0.2) is 4.79 Å². The first-order valence-electron chi connectivity index (χ1n) is 8.17. The van der Waals surface area contributed by atoms with Crippen molar-refractivity contribution in [2.75, 3.05) is 19.5 Å². The van der Waals surface area contributed by atoms with Crippen LogP contribution in [0.3, 0.4) is 0 Å². The Hall–Kier alpha value is -3.20. The molecule has 0 saturated carbocycles. The average molecular weight is 354 g/mol. The molecule has 0 amide bonds. The number of carbonyl (C=O) groups excluding carboxylic acids is 1. The van der Waals surface area contributed by atoms with Gasteiger partial charge < -0.3 is 19.5 Å². The summed E-state index contributed by atoms with van der Waals surface area (Å²) < 4.78 is 16.0. The van der Waals surface area contributed by atoms with Gasteiger partial charge in [0.1, 0.15) is 0 Å². The normalized spacial score (nSPS) is 11.4. The average Bonchev–Trinajstić information content (AvgIpc) is 2.66. The highest BCUT2D eigenvalue weighted by Crippen LogP contribution is 2.32. The monoisotopic (exact) mass is 354 g/mol. The van der Waals surface area contributed by atoms with E-state index in [2.05, 4.69) is 11.4 Å². The van der Waals surface area contributed by atoms with Crippen LogP contribution in [0, 0.1) is 11.3 Å². The van der Waals surface area contributed by atoms with E-state index in [0.29, 0.717) is 28.3 Å². The fraction of sp³-hybridized carbons (Fsp3) is 0.300. The summed E-state index contributed by atoms with van der Waals surface area (Å²) >= 11 is 0. The van der Waals surface area contributed by atoms with Crippen LogP contribution >= 0.6 is 0 Å². The van der Waals surface area contributed by atoms with Crippen molar-refractivity contribution in [1.82, 2.24) is 0 Å². The molecule has 1 unspecified atom stereocenters. The fourth-order valence-corrected chi connectivity index (χ4v) is 2.42. The molecule has 2 aromatic carbocycles. The molecule has 0 aliphatic carbocycles. The van der Waals surface area contributed by atoms with Crippen molar-refractivity contribution in [3.8, 4) is 17.6 Å². The predicted octanol–water partition coefficient (Wildman–Crippen LogP) is 3.68. The minimum absolute atomic E-state index is 0.00271. The zero-order valence-electron chi connectivity index (χ0n) is 15.3. The van der Waals surface area contributed by atoms with Crippen LogP contribution in [-0.4, -0.2) is 26.3 Å². The highest BCUT2D eigenvalue weighted by molar-refractivity contribution is 5.81. The number of methoxy groups -OCH3 is 2. The molecule has 6 heteroatoms. The van der Waals surface area contributed by atoms with E-state index in [1.165, 1.54) is 7.11 Å². The molecule has 2 rings (SSSR count). The summed E-state index contributed by atoms with van der Waals surface area (Å²) in [6, 6.07) is 13.5. The van der Waals surface area contributed by atoms with Gasteiger partial charge in [0.25, 0.3) is 0 Å². The van der Waals surface area contributed by atoms with Crippen molar-refractivity contribution in [2.45, 2.75) is 26.0 Å². The van der Waals surface area contributed by atoms with Crippen LogP contribution < -0.4 is 14.8 Å². The smallest absolute Gasteiger partial charge is 0.332 e. The largest absolute Gasteiger partial charge is 0.493 e. The van der Waals surface area contributed by atoms with Crippen LogP contribution in [0.5, 0.6) is 11.5 Å². The minimum atomic E-state index is -0.727. The lowest BCUT2D eigenvalue weighted by molar-refractivity contribution is -0.141. The fourth-order valence-electron chi connectivity index (χ4n) is 2.42. The Bertz CT molecular complexity index is 794. The number of hydrogen-bond acceptors (Lipinski definition) is 6. The number of nitrogens with one attached hydrogen (secondary N) is 1. The summed E-state index contributed by atoms with van der Waals surface area (Å²) in [5.74, 6) is 0.703. The van der Waals surface area contributed by atoms with Gasteiger partial charge in [-0.05, 0) is 55.8 Å². The number of rotatable bonds is 7. The lowest BCUT2D eigenvalue weighted by Crippen LogP contribution is -2.22.